The normalized spacial score (nSPS) is 12.7. The van der Waals surface area contributed by atoms with Crippen molar-refractivity contribution in [3.05, 3.63) is 52.6 Å². The fourth-order valence-corrected chi connectivity index (χ4v) is 2.84. The van der Waals surface area contributed by atoms with Crippen molar-refractivity contribution in [3.63, 3.8) is 0 Å². The molecule has 19 heavy (non-hydrogen) atoms. The monoisotopic (exact) mass is 257 g/mol. The number of rotatable bonds is 4. The van der Waals surface area contributed by atoms with E-state index in [1.807, 2.05) is 12.4 Å². The van der Waals surface area contributed by atoms with Gasteiger partial charge in [-0.05, 0) is 43.9 Å². The molecule has 0 fully saturated rings. The van der Waals surface area contributed by atoms with E-state index in [1.165, 1.54) is 22.3 Å². The van der Waals surface area contributed by atoms with E-state index in [9.17, 15) is 0 Å². The predicted molar refractivity (Wildman–Crippen MR) is 79.2 cm³/mol. The van der Waals surface area contributed by atoms with E-state index in [2.05, 4.69) is 49.4 Å². The Hall–Kier alpha value is -1.61. The fourth-order valence-electron chi connectivity index (χ4n) is 2.84. The van der Waals surface area contributed by atoms with Gasteiger partial charge in [-0.2, -0.15) is 0 Å². The first-order valence-corrected chi connectivity index (χ1v) is 6.89. The number of benzene rings is 1. The fraction of sp³-hybridized carbons (Fsp3) is 0.438. The van der Waals surface area contributed by atoms with Crippen molar-refractivity contribution in [3.8, 4) is 0 Å². The van der Waals surface area contributed by atoms with Crippen LogP contribution in [0, 0.1) is 20.8 Å². The van der Waals surface area contributed by atoms with Crippen molar-refractivity contribution in [1.29, 1.82) is 0 Å². The Balaban J connectivity index is 2.44. The van der Waals surface area contributed by atoms with E-state index < -0.39 is 0 Å². The number of hydrogen-bond acceptors (Lipinski definition) is 2. The molecule has 0 aliphatic heterocycles. The molecule has 1 aromatic carbocycles. The molecule has 0 saturated carbocycles. The van der Waals surface area contributed by atoms with Gasteiger partial charge in [-0.25, -0.2) is 4.98 Å². The Bertz CT molecular complexity index is 546. The largest absolute Gasteiger partial charge is 0.333 e. The van der Waals surface area contributed by atoms with Crippen LogP contribution in [0.3, 0.4) is 0 Å². The molecule has 0 spiro atoms. The first-order valence-electron chi connectivity index (χ1n) is 6.89. The average Bonchev–Trinajstić information content (AvgIpc) is 2.76. The summed E-state index contributed by atoms with van der Waals surface area (Å²) in [5, 5.41) is 0. The summed E-state index contributed by atoms with van der Waals surface area (Å²) >= 11 is 0. The minimum absolute atomic E-state index is 0.151. The second-order valence-corrected chi connectivity index (χ2v) is 5.27. The van der Waals surface area contributed by atoms with Gasteiger partial charge in [0.15, 0.2) is 0 Å². The zero-order valence-electron chi connectivity index (χ0n) is 12.3. The van der Waals surface area contributed by atoms with Crippen LogP contribution in [0.2, 0.25) is 0 Å². The summed E-state index contributed by atoms with van der Waals surface area (Å²) in [5.74, 6) is 0.955. The van der Waals surface area contributed by atoms with Crippen molar-refractivity contribution in [1.82, 2.24) is 9.55 Å². The first-order chi connectivity index (χ1) is 9.04. The minimum Gasteiger partial charge on any atom is -0.333 e. The Morgan fingerprint density at radius 2 is 1.84 bits per heavy atom. The molecule has 0 aliphatic rings. The summed E-state index contributed by atoms with van der Waals surface area (Å²) < 4.78 is 2.16. The first kappa shape index (κ1) is 13.8. The third-order valence-corrected chi connectivity index (χ3v) is 3.54. The summed E-state index contributed by atoms with van der Waals surface area (Å²) in [7, 11) is 0. The quantitative estimate of drug-likeness (QED) is 0.913. The minimum atomic E-state index is -0.151. The summed E-state index contributed by atoms with van der Waals surface area (Å²) in [6.07, 6.45) is 4.93. The second kappa shape index (κ2) is 5.57. The second-order valence-electron chi connectivity index (χ2n) is 5.27. The zero-order chi connectivity index (χ0) is 14.0. The van der Waals surface area contributed by atoms with Crippen molar-refractivity contribution < 1.29 is 0 Å². The van der Waals surface area contributed by atoms with Crippen LogP contribution in [0.4, 0.5) is 0 Å². The molecule has 3 heteroatoms. The number of aromatic nitrogens is 2. The van der Waals surface area contributed by atoms with Gasteiger partial charge in [-0.1, -0.05) is 24.6 Å². The highest BCUT2D eigenvalue weighted by molar-refractivity contribution is 5.41. The third kappa shape index (κ3) is 2.71. The number of hydrogen-bond donors (Lipinski definition) is 1. The molecule has 0 amide bonds. The smallest absolute Gasteiger partial charge is 0.130 e. The lowest BCUT2D eigenvalue weighted by molar-refractivity contribution is 0.610. The van der Waals surface area contributed by atoms with Gasteiger partial charge in [0.05, 0.1) is 6.04 Å². The zero-order valence-corrected chi connectivity index (χ0v) is 12.3. The highest BCUT2D eigenvalue weighted by Gasteiger charge is 2.18. The van der Waals surface area contributed by atoms with Crippen LogP contribution in [0.1, 0.15) is 47.5 Å². The lowest BCUT2D eigenvalue weighted by Crippen LogP contribution is -2.20. The van der Waals surface area contributed by atoms with Crippen molar-refractivity contribution in [2.75, 3.05) is 0 Å². The molecule has 102 valence electrons. The van der Waals surface area contributed by atoms with Crippen LogP contribution >= 0.6 is 0 Å². The molecule has 0 saturated heterocycles. The predicted octanol–water partition coefficient (Wildman–Crippen LogP) is 3.27. The van der Waals surface area contributed by atoms with Crippen molar-refractivity contribution in [2.45, 2.75) is 46.7 Å². The molecule has 0 radical (unpaired) electrons. The van der Waals surface area contributed by atoms with Gasteiger partial charge in [-0.15, -0.1) is 0 Å². The Kier molecular flexibility index (Phi) is 4.05. The van der Waals surface area contributed by atoms with E-state index in [0.29, 0.717) is 0 Å². The maximum Gasteiger partial charge on any atom is 0.130 e. The van der Waals surface area contributed by atoms with Gasteiger partial charge in [0.1, 0.15) is 5.82 Å². The molecule has 0 aliphatic carbocycles. The molecule has 2 N–H and O–H groups in total. The summed E-state index contributed by atoms with van der Waals surface area (Å²) in [5.41, 5.74) is 11.4. The topological polar surface area (TPSA) is 43.8 Å². The molecular formula is C16H23N3. The van der Waals surface area contributed by atoms with Crippen LogP contribution in [0.5, 0.6) is 0 Å². The number of nitrogens with zero attached hydrogens (tertiary/aromatic N) is 2. The lowest BCUT2D eigenvalue weighted by Gasteiger charge is -2.19. The molecular weight excluding hydrogens is 234 g/mol. The summed E-state index contributed by atoms with van der Waals surface area (Å²) in [6.45, 7) is 9.50. The molecule has 1 heterocycles. The standard InChI is InChI=1S/C16H23N3/c1-5-7-19-8-6-18-16(19)15(17)14-12(3)9-11(2)10-13(14)4/h6,8-10,15H,5,7,17H2,1-4H3. The molecule has 3 nitrogen and oxygen atoms in total. The Morgan fingerprint density at radius 1 is 1.21 bits per heavy atom. The van der Waals surface area contributed by atoms with Gasteiger partial charge in [-0.3, -0.25) is 0 Å². The lowest BCUT2D eigenvalue weighted by atomic mass is 9.94. The Morgan fingerprint density at radius 3 is 2.42 bits per heavy atom. The van der Waals surface area contributed by atoms with E-state index in [-0.39, 0.29) is 6.04 Å². The number of aryl methyl sites for hydroxylation is 4. The van der Waals surface area contributed by atoms with Crippen molar-refractivity contribution >= 4 is 0 Å². The summed E-state index contributed by atoms with van der Waals surface area (Å²) in [6, 6.07) is 4.23. The molecule has 1 aromatic heterocycles. The van der Waals surface area contributed by atoms with E-state index >= 15 is 0 Å². The average molecular weight is 257 g/mol. The number of nitrogens with two attached hydrogens (primary N) is 1. The Labute approximate surface area is 115 Å². The van der Waals surface area contributed by atoms with Crippen LogP contribution < -0.4 is 5.73 Å². The SMILES string of the molecule is CCCn1ccnc1C(N)c1c(C)cc(C)cc1C. The van der Waals surface area contributed by atoms with Gasteiger partial charge in [0.25, 0.3) is 0 Å². The maximum absolute atomic E-state index is 6.46. The van der Waals surface area contributed by atoms with E-state index in [1.54, 1.807) is 0 Å². The van der Waals surface area contributed by atoms with E-state index in [4.69, 9.17) is 5.73 Å². The van der Waals surface area contributed by atoms with E-state index in [0.717, 1.165) is 18.8 Å². The molecule has 2 aromatic rings. The highest BCUT2D eigenvalue weighted by atomic mass is 15.1. The third-order valence-electron chi connectivity index (χ3n) is 3.54. The highest BCUT2D eigenvalue weighted by Crippen LogP contribution is 2.26. The van der Waals surface area contributed by atoms with Crippen LogP contribution in [0.15, 0.2) is 24.5 Å². The molecule has 1 unspecified atom stereocenters. The maximum atomic E-state index is 6.46. The van der Waals surface area contributed by atoms with Crippen LogP contribution in [-0.4, -0.2) is 9.55 Å². The van der Waals surface area contributed by atoms with Crippen LogP contribution in [0.25, 0.3) is 0 Å². The van der Waals surface area contributed by atoms with Gasteiger partial charge in [0, 0.05) is 18.9 Å². The molecule has 1 atom stereocenters. The number of imidazole rings is 1. The van der Waals surface area contributed by atoms with Gasteiger partial charge >= 0.3 is 0 Å². The van der Waals surface area contributed by atoms with Crippen LogP contribution in [-0.2, 0) is 6.54 Å². The van der Waals surface area contributed by atoms with Crippen molar-refractivity contribution in [2.24, 2.45) is 5.73 Å². The summed E-state index contributed by atoms with van der Waals surface area (Å²) in [4.78, 5) is 4.45. The van der Waals surface area contributed by atoms with Gasteiger partial charge < -0.3 is 10.3 Å². The van der Waals surface area contributed by atoms with Gasteiger partial charge in [0.2, 0.25) is 0 Å². The molecule has 0 bridgehead atoms. The molecule has 2 rings (SSSR count).